The Morgan fingerprint density at radius 3 is 2.94 bits per heavy atom. The van der Waals surface area contributed by atoms with E-state index in [9.17, 15) is 4.79 Å². The first-order chi connectivity index (χ1) is 16.6. The molecule has 0 N–H and O–H groups in total. The number of oxazole rings is 1. The molecule has 0 unspecified atom stereocenters. The largest absolute Gasteiger partial charge is 0.497 e. The molecule has 1 aromatic carbocycles. The van der Waals surface area contributed by atoms with Crippen molar-refractivity contribution < 1.29 is 13.9 Å². The first-order valence-electron chi connectivity index (χ1n) is 11.4. The van der Waals surface area contributed by atoms with Crippen LogP contribution in [0.3, 0.4) is 0 Å². The summed E-state index contributed by atoms with van der Waals surface area (Å²) in [7, 11) is 1.66. The van der Waals surface area contributed by atoms with Gasteiger partial charge < -0.3 is 14.1 Å². The molecule has 7 nitrogen and oxygen atoms in total. The maximum absolute atomic E-state index is 13.6. The molecule has 8 heteroatoms. The summed E-state index contributed by atoms with van der Waals surface area (Å²) >= 11 is 1.39. The molecule has 1 saturated heterocycles. The Balaban J connectivity index is 1.37. The van der Waals surface area contributed by atoms with Gasteiger partial charge in [-0.05, 0) is 56.0 Å². The molecule has 0 radical (unpaired) electrons. The first-order valence-corrected chi connectivity index (χ1v) is 12.2. The van der Waals surface area contributed by atoms with E-state index < -0.39 is 0 Å². The number of thiazole rings is 1. The first kappa shape index (κ1) is 22.3. The Morgan fingerprint density at radius 2 is 2.12 bits per heavy atom. The minimum Gasteiger partial charge on any atom is -0.497 e. The fourth-order valence-corrected chi connectivity index (χ4v) is 5.30. The summed E-state index contributed by atoms with van der Waals surface area (Å²) in [5.41, 5.74) is 2.59. The number of likely N-dealkylation sites (tertiary alicyclic amines) is 1. The van der Waals surface area contributed by atoms with E-state index in [1.54, 1.807) is 19.5 Å². The van der Waals surface area contributed by atoms with E-state index in [-0.39, 0.29) is 11.9 Å². The van der Waals surface area contributed by atoms with Gasteiger partial charge >= 0.3 is 0 Å². The number of hydrogen-bond donors (Lipinski definition) is 0. The average molecular weight is 475 g/mol. The Bertz CT molecular complexity index is 1280. The average Bonchev–Trinajstić information content (AvgIpc) is 3.51. The number of hydrogen-bond acceptors (Lipinski definition) is 7. The second kappa shape index (κ2) is 9.77. The van der Waals surface area contributed by atoms with Crippen molar-refractivity contribution in [1.82, 2.24) is 19.9 Å². The summed E-state index contributed by atoms with van der Waals surface area (Å²) in [5.74, 6) is 2.16. The van der Waals surface area contributed by atoms with E-state index >= 15 is 0 Å². The molecule has 4 heterocycles. The molecule has 1 atom stereocenters. The smallest absolute Gasteiger partial charge is 0.266 e. The normalized spacial score (nSPS) is 15.9. The second-order valence-corrected chi connectivity index (χ2v) is 9.35. The lowest BCUT2D eigenvalue weighted by atomic mass is 10.0. The van der Waals surface area contributed by atoms with Gasteiger partial charge in [-0.25, -0.2) is 9.97 Å². The van der Waals surface area contributed by atoms with Crippen LogP contribution in [0.2, 0.25) is 0 Å². The number of pyridine rings is 1. The third-order valence-electron chi connectivity index (χ3n) is 6.01. The van der Waals surface area contributed by atoms with Gasteiger partial charge in [-0.1, -0.05) is 18.2 Å². The maximum atomic E-state index is 13.6. The number of carbonyl (C=O) groups is 1. The highest BCUT2D eigenvalue weighted by molar-refractivity contribution is 7.17. The molecular weight excluding hydrogens is 448 g/mol. The van der Waals surface area contributed by atoms with Gasteiger partial charge in [0.1, 0.15) is 27.4 Å². The van der Waals surface area contributed by atoms with Gasteiger partial charge in [0, 0.05) is 19.2 Å². The van der Waals surface area contributed by atoms with Crippen LogP contribution in [0.4, 0.5) is 0 Å². The van der Waals surface area contributed by atoms with Crippen molar-refractivity contribution in [3.63, 3.8) is 0 Å². The summed E-state index contributed by atoms with van der Waals surface area (Å²) in [4.78, 5) is 29.7. The number of piperidine rings is 1. The van der Waals surface area contributed by atoms with Gasteiger partial charge in [0.05, 0.1) is 24.7 Å². The number of aromatic nitrogens is 3. The Kier molecular flexibility index (Phi) is 6.40. The molecule has 1 aliphatic heterocycles. The molecule has 0 saturated carbocycles. The van der Waals surface area contributed by atoms with Crippen molar-refractivity contribution in [3.05, 3.63) is 82.6 Å². The third kappa shape index (κ3) is 4.59. The zero-order valence-corrected chi connectivity index (χ0v) is 20.0. The van der Waals surface area contributed by atoms with Crippen LogP contribution in [0.1, 0.15) is 57.9 Å². The van der Waals surface area contributed by atoms with Gasteiger partial charge in [-0.15, -0.1) is 11.3 Å². The van der Waals surface area contributed by atoms with Crippen LogP contribution >= 0.6 is 11.3 Å². The fourth-order valence-electron chi connectivity index (χ4n) is 4.30. The maximum Gasteiger partial charge on any atom is 0.266 e. The SMILES string of the molecule is COc1cccc(Cc2cnc([C@H]3CCCCN3C(=O)c3sc(-c4ccccn4)nc3C)o2)c1. The van der Waals surface area contributed by atoms with Gasteiger partial charge in [-0.2, -0.15) is 0 Å². The highest BCUT2D eigenvalue weighted by Crippen LogP contribution is 2.35. The third-order valence-corrected chi connectivity index (χ3v) is 7.18. The lowest BCUT2D eigenvalue weighted by Crippen LogP contribution is -2.38. The van der Waals surface area contributed by atoms with E-state index in [1.807, 2.05) is 54.3 Å². The summed E-state index contributed by atoms with van der Waals surface area (Å²) in [6.07, 6.45) is 6.94. The molecule has 34 heavy (non-hydrogen) atoms. The molecule has 174 valence electrons. The highest BCUT2D eigenvalue weighted by Gasteiger charge is 2.34. The summed E-state index contributed by atoms with van der Waals surface area (Å²) in [6.45, 7) is 2.56. The van der Waals surface area contributed by atoms with Crippen molar-refractivity contribution in [2.24, 2.45) is 0 Å². The summed E-state index contributed by atoms with van der Waals surface area (Å²) in [5, 5.41) is 0.756. The molecule has 5 rings (SSSR count). The molecule has 1 aliphatic rings. The van der Waals surface area contributed by atoms with Crippen molar-refractivity contribution in [2.75, 3.05) is 13.7 Å². The lowest BCUT2D eigenvalue weighted by Gasteiger charge is -2.33. The summed E-state index contributed by atoms with van der Waals surface area (Å²) < 4.78 is 11.5. The van der Waals surface area contributed by atoms with Crippen LogP contribution in [0.5, 0.6) is 5.75 Å². The van der Waals surface area contributed by atoms with Gasteiger partial charge in [-0.3, -0.25) is 9.78 Å². The predicted molar refractivity (Wildman–Crippen MR) is 130 cm³/mol. The number of methoxy groups -OCH3 is 1. The summed E-state index contributed by atoms with van der Waals surface area (Å²) in [6, 6.07) is 13.4. The van der Waals surface area contributed by atoms with Gasteiger partial charge in [0.2, 0.25) is 5.89 Å². The minimum absolute atomic E-state index is 0.0190. The molecule has 0 bridgehead atoms. The quantitative estimate of drug-likeness (QED) is 0.369. The number of amides is 1. The molecular formula is C26H26N4O3S. The van der Waals surface area contributed by atoms with E-state index in [2.05, 4.69) is 15.0 Å². The zero-order chi connectivity index (χ0) is 23.5. The topological polar surface area (TPSA) is 81.4 Å². The highest BCUT2D eigenvalue weighted by atomic mass is 32.1. The molecule has 0 spiro atoms. The van der Waals surface area contributed by atoms with Gasteiger partial charge in [0.25, 0.3) is 5.91 Å². The van der Waals surface area contributed by atoms with Crippen LogP contribution in [0.15, 0.2) is 59.3 Å². The predicted octanol–water partition coefficient (Wildman–Crippen LogP) is 5.47. The molecule has 3 aromatic heterocycles. The van der Waals surface area contributed by atoms with Crippen molar-refractivity contribution in [3.8, 4) is 16.5 Å². The fraction of sp³-hybridized carbons (Fsp3) is 0.308. The Labute approximate surface area is 202 Å². The number of benzene rings is 1. The number of ether oxygens (including phenoxy) is 1. The number of carbonyl (C=O) groups excluding carboxylic acids is 1. The van der Waals surface area contributed by atoms with Crippen molar-refractivity contribution in [2.45, 2.75) is 38.6 Å². The van der Waals surface area contributed by atoms with Crippen LogP contribution in [0.25, 0.3) is 10.7 Å². The van der Waals surface area contributed by atoms with Crippen molar-refractivity contribution in [1.29, 1.82) is 0 Å². The molecule has 4 aromatic rings. The lowest BCUT2D eigenvalue weighted by molar-refractivity contribution is 0.0574. The standard InChI is InChI=1S/C26H26N4O3S/c1-17-23(34-25(29-17)21-10-3-5-12-27-21)26(31)30-13-6-4-11-22(30)24-28-16-20(33-24)15-18-8-7-9-19(14-18)32-2/h3,5,7-10,12,14,16,22H,4,6,11,13,15H2,1-2H3/t22-/m1/s1. The van der Waals surface area contributed by atoms with E-state index in [0.717, 1.165) is 52.7 Å². The molecule has 1 fully saturated rings. The second-order valence-electron chi connectivity index (χ2n) is 8.35. The Hall–Kier alpha value is -3.52. The molecule has 0 aliphatic carbocycles. The van der Waals surface area contributed by atoms with E-state index in [4.69, 9.17) is 9.15 Å². The van der Waals surface area contributed by atoms with Crippen LogP contribution in [0, 0.1) is 6.92 Å². The van der Waals surface area contributed by atoms with Crippen LogP contribution in [-0.4, -0.2) is 39.4 Å². The Morgan fingerprint density at radius 1 is 1.21 bits per heavy atom. The number of nitrogens with zero attached hydrogens (tertiary/aromatic N) is 4. The zero-order valence-electron chi connectivity index (χ0n) is 19.2. The van der Waals surface area contributed by atoms with E-state index in [1.165, 1.54) is 11.3 Å². The van der Waals surface area contributed by atoms with E-state index in [0.29, 0.717) is 23.7 Å². The number of aryl methyl sites for hydroxylation is 1. The monoisotopic (exact) mass is 474 g/mol. The van der Waals surface area contributed by atoms with Crippen molar-refractivity contribution >= 4 is 17.2 Å². The minimum atomic E-state index is -0.180. The van der Waals surface area contributed by atoms with Crippen LogP contribution in [-0.2, 0) is 6.42 Å². The molecule has 1 amide bonds. The number of rotatable bonds is 6. The van der Waals surface area contributed by atoms with Gasteiger partial charge in [0.15, 0.2) is 0 Å². The van der Waals surface area contributed by atoms with Crippen LogP contribution < -0.4 is 4.74 Å².